The standard InChI is InChI=1S/C15H22N4/c1-16-14(11-15-17-8-9-19(15)4)12-6-5-7-13(10-12)18(2)3/h5-10,14,16H,11H2,1-4H3. The van der Waals surface area contributed by atoms with Crippen LogP contribution >= 0.6 is 0 Å². The molecular formula is C15H22N4. The first-order chi connectivity index (χ1) is 9.11. The summed E-state index contributed by atoms with van der Waals surface area (Å²) in [6.45, 7) is 0. The van der Waals surface area contributed by atoms with Crippen molar-refractivity contribution in [3.63, 3.8) is 0 Å². The van der Waals surface area contributed by atoms with Crippen molar-refractivity contribution in [3.05, 3.63) is 48.0 Å². The van der Waals surface area contributed by atoms with Crippen LogP contribution in [-0.2, 0) is 13.5 Å². The molecule has 0 radical (unpaired) electrons. The van der Waals surface area contributed by atoms with Crippen LogP contribution in [0.15, 0.2) is 36.7 Å². The summed E-state index contributed by atoms with van der Waals surface area (Å²) in [4.78, 5) is 6.52. The minimum Gasteiger partial charge on any atom is -0.378 e. The second kappa shape index (κ2) is 5.89. The van der Waals surface area contributed by atoms with E-state index in [2.05, 4.69) is 58.1 Å². The molecule has 0 aliphatic heterocycles. The highest BCUT2D eigenvalue weighted by Gasteiger charge is 2.13. The minimum atomic E-state index is 0.279. The number of hydrogen-bond donors (Lipinski definition) is 1. The molecule has 1 heterocycles. The molecule has 0 aliphatic carbocycles. The van der Waals surface area contributed by atoms with Gasteiger partial charge in [0.2, 0.25) is 0 Å². The Morgan fingerprint density at radius 1 is 1.37 bits per heavy atom. The number of benzene rings is 1. The molecule has 2 rings (SSSR count). The van der Waals surface area contributed by atoms with E-state index in [1.54, 1.807) is 0 Å². The lowest BCUT2D eigenvalue weighted by molar-refractivity contribution is 0.563. The molecule has 0 saturated heterocycles. The first-order valence-electron chi connectivity index (χ1n) is 6.52. The Kier molecular flexibility index (Phi) is 4.22. The van der Waals surface area contributed by atoms with Gasteiger partial charge in [0.25, 0.3) is 0 Å². The zero-order valence-corrected chi connectivity index (χ0v) is 12.1. The molecule has 1 N–H and O–H groups in total. The topological polar surface area (TPSA) is 33.1 Å². The normalized spacial score (nSPS) is 12.4. The van der Waals surface area contributed by atoms with Gasteiger partial charge in [0, 0.05) is 51.7 Å². The van der Waals surface area contributed by atoms with E-state index < -0.39 is 0 Å². The van der Waals surface area contributed by atoms with Gasteiger partial charge in [0.05, 0.1) is 0 Å². The van der Waals surface area contributed by atoms with Crippen molar-refractivity contribution in [1.82, 2.24) is 14.9 Å². The van der Waals surface area contributed by atoms with E-state index in [4.69, 9.17) is 0 Å². The highest BCUT2D eigenvalue weighted by atomic mass is 15.1. The fourth-order valence-corrected chi connectivity index (χ4v) is 2.18. The third-order valence-corrected chi connectivity index (χ3v) is 3.45. The lowest BCUT2D eigenvalue weighted by Crippen LogP contribution is -2.21. The summed E-state index contributed by atoms with van der Waals surface area (Å²) < 4.78 is 2.07. The molecule has 1 aromatic carbocycles. The highest BCUT2D eigenvalue weighted by Crippen LogP contribution is 2.21. The predicted molar refractivity (Wildman–Crippen MR) is 79.5 cm³/mol. The maximum atomic E-state index is 4.40. The maximum Gasteiger partial charge on any atom is 0.110 e. The van der Waals surface area contributed by atoms with Gasteiger partial charge in [-0.05, 0) is 24.7 Å². The first kappa shape index (κ1) is 13.6. The van der Waals surface area contributed by atoms with Gasteiger partial charge in [0.1, 0.15) is 5.82 Å². The van der Waals surface area contributed by atoms with E-state index in [1.165, 1.54) is 11.3 Å². The molecule has 1 aromatic heterocycles. The molecule has 0 amide bonds. The molecule has 0 spiro atoms. The number of aryl methyl sites for hydroxylation is 1. The van der Waals surface area contributed by atoms with Crippen molar-refractivity contribution in [2.24, 2.45) is 7.05 Å². The van der Waals surface area contributed by atoms with Gasteiger partial charge in [-0.25, -0.2) is 4.98 Å². The zero-order chi connectivity index (χ0) is 13.8. The van der Waals surface area contributed by atoms with Gasteiger partial charge in [-0.3, -0.25) is 0 Å². The van der Waals surface area contributed by atoms with Crippen molar-refractivity contribution in [3.8, 4) is 0 Å². The van der Waals surface area contributed by atoms with Gasteiger partial charge in [-0.2, -0.15) is 0 Å². The van der Waals surface area contributed by atoms with Crippen LogP contribution in [0, 0.1) is 0 Å². The predicted octanol–water partition coefficient (Wildman–Crippen LogP) is 1.99. The fourth-order valence-electron chi connectivity index (χ4n) is 2.18. The Balaban J connectivity index is 2.22. The average Bonchev–Trinajstić information content (AvgIpc) is 2.81. The molecule has 1 unspecified atom stereocenters. The van der Waals surface area contributed by atoms with Crippen molar-refractivity contribution in [2.45, 2.75) is 12.5 Å². The molecular weight excluding hydrogens is 236 g/mol. The molecule has 0 fully saturated rings. The Labute approximate surface area is 115 Å². The number of aromatic nitrogens is 2. The largest absolute Gasteiger partial charge is 0.378 e. The molecule has 0 aliphatic rings. The fraction of sp³-hybridized carbons (Fsp3) is 0.400. The van der Waals surface area contributed by atoms with Gasteiger partial charge < -0.3 is 14.8 Å². The van der Waals surface area contributed by atoms with Crippen LogP contribution in [0.4, 0.5) is 5.69 Å². The van der Waals surface area contributed by atoms with E-state index in [9.17, 15) is 0 Å². The Morgan fingerprint density at radius 3 is 2.74 bits per heavy atom. The summed E-state index contributed by atoms with van der Waals surface area (Å²) in [7, 11) is 8.15. The second-order valence-corrected chi connectivity index (χ2v) is 4.99. The lowest BCUT2D eigenvalue weighted by Gasteiger charge is -2.19. The molecule has 102 valence electrons. The van der Waals surface area contributed by atoms with Crippen LogP contribution in [-0.4, -0.2) is 30.7 Å². The van der Waals surface area contributed by atoms with Crippen molar-refractivity contribution in [1.29, 1.82) is 0 Å². The molecule has 4 heteroatoms. The Morgan fingerprint density at radius 2 is 2.16 bits per heavy atom. The molecule has 0 saturated carbocycles. The molecule has 19 heavy (non-hydrogen) atoms. The molecule has 2 aromatic rings. The number of nitrogens with one attached hydrogen (secondary N) is 1. The summed E-state index contributed by atoms with van der Waals surface area (Å²) >= 11 is 0. The molecule has 4 nitrogen and oxygen atoms in total. The SMILES string of the molecule is CNC(Cc1nccn1C)c1cccc(N(C)C)c1. The van der Waals surface area contributed by atoms with Crippen molar-refractivity contribution in [2.75, 3.05) is 26.0 Å². The smallest absolute Gasteiger partial charge is 0.110 e. The Hall–Kier alpha value is -1.81. The highest BCUT2D eigenvalue weighted by molar-refractivity contribution is 5.47. The van der Waals surface area contributed by atoms with E-state index in [1.807, 2.05) is 26.5 Å². The van der Waals surface area contributed by atoms with Crippen LogP contribution in [0.1, 0.15) is 17.4 Å². The average molecular weight is 258 g/mol. The number of hydrogen-bond acceptors (Lipinski definition) is 3. The quantitative estimate of drug-likeness (QED) is 0.890. The van der Waals surface area contributed by atoms with Gasteiger partial charge >= 0.3 is 0 Å². The van der Waals surface area contributed by atoms with Crippen LogP contribution in [0.2, 0.25) is 0 Å². The van der Waals surface area contributed by atoms with Crippen LogP contribution in [0.3, 0.4) is 0 Å². The van der Waals surface area contributed by atoms with E-state index in [0.29, 0.717) is 0 Å². The Bertz CT molecular complexity index is 530. The van der Waals surface area contributed by atoms with E-state index in [-0.39, 0.29) is 6.04 Å². The van der Waals surface area contributed by atoms with Crippen LogP contribution in [0.25, 0.3) is 0 Å². The maximum absolute atomic E-state index is 4.40. The minimum absolute atomic E-state index is 0.279. The summed E-state index contributed by atoms with van der Waals surface area (Å²) in [5.41, 5.74) is 2.51. The number of anilines is 1. The van der Waals surface area contributed by atoms with Crippen LogP contribution < -0.4 is 10.2 Å². The van der Waals surface area contributed by atoms with Crippen molar-refractivity contribution < 1.29 is 0 Å². The van der Waals surface area contributed by atoms with Crippen LogP contribution in [0.5, 0.6) is 0 Å². The van der Waals surface area contributed by atoms with Gasteiger partial charge in [-0.1, -0.05) is 12.1 Å². The summed E-state index contributed by atoms with van der Waals surface area (Å²) in [6, 6.07) is 8.90. The summed E-state index contributed by atoms with van der Waals surface area (Å²) in [6.07, 6.45) is 4.72. The van der Waals surface area contributed by atoms with Crippen molar-refractivity contribution >= 4 is 5.69 Å². The number of imidazole rings is 1. The van der Waals surface area contributed by atoms with Gasteiger partial charge in [-0.15, -0.1) is 0 Å². The third kappa shape index (κ3) is 3.15. The second-order valence-electron chi connectivity index (χ2n) is 4.99. The molecule has 1 atom stereocenters. The number of nitrogens with zero attached hydrogens (tertiary/aromatic N) is 3. The third-order valence-electron chi connectivity index (χ3n) is 3.45. The summed E-state index contributed by atoms with van der Waals surface area (Å²) in [5, 5.41) is 3.38. The lowest BCUT2D eigenvalue weighted by atomic mass is 10.0. The molecule has 0 bridgehead atoms. The number of likely N-dealkylation sites (N-methyl/N-ethyl adjacent to an activating group) is 1. The van der Waals surface area contributed by atoms with E-state index >= 15 is 0 Å². The number of rotatable bonds is 5. The summed E-state index contributed by atoms with van der Waals surface area (Å²) in [5.74, 6) is 1.09. The van der Waals surface area contributed by atoms with E-state index in [0.717, 1.165) is 12.2 Å². The zero-order valence-electron chi connectivity index (χ0n) is 12.1. The monoisotopic (exact) mass is 258 g/mol. The van der Waals surface area contributed by atoms with Gasteiger partial charge in [0.15, 0.2) is 0 Å². The first-order valence-corrected chi connectivity index (χ1v) is 6.52.